The van der Waals surface area contributed by atoms with Crippen LogP contribution in [-0.4, -0.2) is 116 Å². The topological polar surface area (TPSA) is 196 Å². The predicted octanol–water partition coefficient (Wildman–Crippen LogP) is -4.82. The van der Waals surface area contributed by atoms with Crippen LogP contribution in [-0.2, 0) is 23.7 Å². The Balaban J connectivity index is 2.28. The molecule has 0 radical (unpaired) electrons. The Morgan fingerprint density at radius 1 is 0.962 bits per heavy atom. The standard InChI is InChI=1S/C14H24O12/c1-5(18)23-12-9(20)7(3-16)25-14(12,4-17)26-13-11(22)10(21)8(19)6(2-15)24-13/h6-13,15-17,19-22H,2-4H2,1H3/t6?,7-,8-,9?,10-,11?,12-,13+,14+/m1/s1. The molecule has 0 aromatic heterocycles. The summed E-state index contributed by atoms with van der Waals surface area (Å²) in [7, 11) is 0. The minimum absolute atomic E-state index is 0.696. The first kappa shape index (κ1) is 21.4. The molecule has 12 heteroatoms. The quantitative estimate of drug-likeness (QED) is 0.216. The van der Waals surface area contributed by atoms with Crippen molar-refractivity contribution in [1.82, 2.24) is 0 Å². The van der Waals surface area contributed by atoms with Crippen molar-refractivity contribution in [2.24, 2.45) is 0 Å². The number of esters is 1. The van der Waals surface area contributed by atoms with E-state index < -0.39 is 80.6 Å². The van der Waals surface area contributed by atoms with Gasteiger partial charge in [-0.2, -0.15) is 0 Å². The first-order valence-corrected chi connectivity index (χ1v) is 7.94. The normalized spacial score (nSPS) is 46.3. The number of rotatable bonds is 6. The van der Waals surface area contributed by atoms with Gasteiger partial charge in [0.2, 0.25) is 5.79 Å². The van der Waals surface area contributed by atoms with Gasteiger partial charge in [-0.15, -0.1) is 0 Å². The van der Waals surface area contributed by atoms with E-state index in [1.165, 1.54) is 0 Å². The zero-order valence-corrected chi connectivity index (χ0v) is 13.9. The SMILES string of the molecule is CC(=O)O[C@@H]1C(O)[C@@H](CO)O[C@@]1(CO)O[C@@H]1OC(CO)[C@@H](O)[C@@H](O)C1O. The van der Waals surface area contributed by atoms with Crippen LogP contribution in [0.2, 0.25) is 0 Å². The highest BCUT2D eigenvalue weighted by molar-refractivity contribution is 5.66. The molecule has 0 amide bonds. The van der Waals surface area contributed by atoms with Gasteiger partial charge in [0.1, 0.15) is 43.2 Å². The van der Waals surface area contributed by atoms with Crippen molar-refractivity contribution in [3.05, 3.63) is 0 Å². The van der Waals surface area contributed by atoms with Gasteiger partial charge in [-0.25, -0.2) is 0 Å². The molecule has 0 aromatic carbocycles. The van der Waals surface area contributed by atoms with Crippen molar-refractivity contribution < 1.29 is 59.5 Å². The third-order valence-corrected chi connectivity index (χ3v) is 4.33. The van der Waals surface area contributed by atoms with E-state index in [-0.39, 0.29) is 0 Å². The summed E-state index contributed by atoms with van der Waals surface area (Å²) in [5.41, 5.74) is 0. The highest BCUT2D eigenvalue weighted by Gasteiger charge is 2.60. The zero-order valence-electron chi connectivity index (χ0n) is 13.9. The molecule has 7 N–H and O–H groups in total. The molecule has 3 unspecified atom stereocenters. The Morgan fingerprint density at radius 3 is 2.08 bits per heavy atom. The Morgan fingerprint density at radius 2 is 1.58 bits per heavy atom. The summed E-state index contributed by atoms with van der Waals surface area (Å²) in [6, 6.07) is 0. The minimum atomic E-state index is -2.23. The van der Waals surface area contributed by atoms with Gasteiger partial charge in [-0.05, 0) is 0 Å². The van der Waals surface area contributed by atoms with Crippen LogP contribution < -0.4 is 0 Å². The van der Waals surface area contributed by atoms with Gasteiger partial charge in [-0.3, -0.25) is 4.79 Å². The lowest BCUT2D eigenvalue weighted by atomic mass is 9.99. The van der Waals surface area contributed by atoms with E-state index in [1.54, 1.807) is 0 Å². The van der Waals surface area contributed by atoms with Crippen molar-refractivity contribution >= 4 is 5.97 Å². The molecule has 2 aliphatic heterocycles. The second-order valence-electron chi connectivity index (χ2n) is 6.14. The molecule has 0 aromatic rings. The van der Waals surface area contributed by atoms with Crippen LogP contribution in [0.15, 0.2) is 0 Å². The van der Waals surface area contributed by atoms with E-state index in [4.69, 9.17) is 18.9 Å². The maximum Gasteiger partial charge on any atom is 0.303 e. The molecule has 26 heavy (non-hydrogen) atoms. The summed E-state index contributed by atoms with van der Waals surface area (Å²) in [5, 5.41) is 68.0. The van der Waals surface area contributed by atoms with Crippen LogP contribution in [0, 0.1) is 0 Å². The Kier molecular flexibility index (Phi) is 6.90. The maximum absolute atomic E-state index is 11.3. The van der Waals surface area contributed by atoms with Crippen molar-refractivity contribution in [2.45, 2.75) is 61.7 Å². The van der Waals surface area contributed by atoms with E-state index in [1.807, 2.05) is 0 Å². The molecule has 2 aliphatic rings. The number of ether oxygens (including phenoxy) is 4. The summed E-state index contributed by atoms with van der Waals surface area (Å²) in [6.45, 7) is -1.35. The number of carbonyl (C=O) groups is 1. The van der Waals surface area contributed by atoms with Crippen LogP contribution >= 0.6 is 0 Å². The van der Waals surface area contributed by atoms with Crippen LogP contribution in [0.4, 0.5) is 0 Å². The zero-order chi connectivity index (χ0) is 19.6. The number of hydrogen-bond donors (Lipinski definition) is 7. The van der Waals surface area contributed by atoms with E-state index in [9.17, 15) is 40.5 Å². The smallest absolute Gasteiger partial charge is 0.303 e. The molecule has 12 nitrogen and oxygen atoms in total. The first-order valence-electron chi connectivity index (χ1n) is 7.94. The molecule has 2 fully saturated rings. The van der Waals surface area contributed by atoms with E-state index in [0.29, 0.717) is 0 Å². The van der Waals surface area contributed by atoms with Crippen molar-refractivity contribution in [3.8, 4) is 0 Å². The number of aliphatic hydroxyl groups excluding tert-OH is 7. The van der Waals surface area contributed by atoms with E-state index in [0.717, 1.165) is 6.92 Å². The monoisotopic (exact) mass is 384 g/mol. The average Bonchev–Trinajstić information content (AvgIpc) is 2.87. The second kappa shape index (κ2) is 8.39. The molecule has 152 valence electrons. The van der Waals surface area contributed by atoms with Gasteiger partial charge in [0.05, 0.1) is 13.2 Å². The maximum atomic E-state index is 11.3. The van der Waals surface area contributed by atoms with Gasteiger partial charge in [0.25, 0.3) is 0 Å². The molecule has 2 heterocycles. The van der Waals surface area contributed by atoms with Crippen LogP contribution in [0.25, 0.3) is 0 Å². The lowest BCUT2D eigenvalue weighted by Gasteiger charge is -2.43. The van der Waals surface area contributed by atoms with E-state index >= 15 is 0 Å². The molecule has 2 saturated heterocycles. The lowest BCUT2D eigenvalue weighted by Crippen LogP contribution is -2.63. The first-order chi connectivity index (χ1) is 12.2. The number of hydrogen-bond acceptors (Lipinski definition) is 12. The number of aliphatic hydroxyl groups is 7. The molecule has 9 atom stereocenters. The summed E-state index contributed by atoms with van der Waals surface area (Å²) >= 11 is 0. The molecular weight excluding hydrogens is 360 g/mol. The molecule has 0 bridgehead atoms. The van der Waals surface area contributed by atoms with E-state index in [2.05, 4.69) is 0 Å². The molecule has 2 rings (SSSR count). The Bertz CT molecular complexity index is 487. The summed E-state index contributed by atoms with van der Waals surface area (Å²) in [6.07, 6.45) is -12.7. The fourth-order valence-corrected chi connectivity index (χ4v) is 2.95. The van der Waals surface area contributed by atoms with Crippen LogP contribution in [0.3, 0.4) is 0 Å². The second-order valence-corrected chi connectivity index (χ2v) is 6.14. The third kappa shape index (κ3) is 3.84. The molecule has 0 aliphatic carbocycles. The van der Waals surface area contributed by atoms with Crippen molar-refractivity contribution in [1.29, 1.82) is 0 Å². The predicted molar refractivity (Wildman–Crippen MR) is 78.2 cm³/mol. The minimum Gasteiger partial charge on any atom is -0.454 e. The Labute approximate surface area is 148 Å². The highest BCUT2D eigenvalue weighted by Crippen LogP contribution is 2.37. The van der Waals surface area contributed by atoms with Gasteiger partial charge >= 0.3 is 5.97 Å². The summed E-state index contributed by atoms with van der Waals surface area (Å²) < 4.78 is 20.8. The van der Waals surface area contributed by atoms with Gasteiger partial charge in [0.15, 0.2) is 12.4 Å². The molecule has 0 saturated carbocycles. The van der Waals surface area contributed by atoms with Gasteiger partial charge < -0.3 is 54.7 Å². The fraction of sp³-hybridized carbons (Fsp3) is 0.929. The lowest BCUT2D eigenvalue weighted by molar-refractivity contribution is -0.383. The Hall–Kier alpha value is -0.930. The van der Waals surface area contributed by atoms with Crippen LogP contribution in [0.5, 0.6) is 0 Å². The summed E-state index contributed by atoms with van der Waals surface area (Å²) in [5.74, 6) is -3.07. The van der Waals surface area contributed by atoms with Crippen LogP contribution in [0.1, 0.15) is 6.92 Å². The number of carbonyl (C=O) groups excluding carboxylic acids is 1. The highest BCUT2D eigenvalue weighted by atomic mass is 16.8. The van der Waals surface area contributed by atoms with Gasteiger partial charge in [0, 0.05) is 6.92 Å². The molecular formula is C14H24O12. The van der Waals surface area contributed by atoms with Crippen molar-refractivity contribution in [2.75, 3.05) is 19.8 Å². The summed E-state index contributed by atoms with van der Waals surface area (Å²) in [4.78, 5) is 11.3. The molecule has 0 spiro atoms. The van der Waals surface area contributed by atoms with Crippen molar-refractivity contribution in [3.63, 3.8) is 0 Å². The third-order valence-electron chi connectivity index (χ3n) is 4.33. The average molecular weight is 384 g/mol. The fourth-order valence-electron chi connectivity index (χ4n) is 2.95. The van der Waals surface area contributed by atoms with Gasteiger partial charge in [-0.1, -0.05) is 0 Å². The largest absolute Gasteiger partial charge is 0.454 e.